The standard InChI is InChI=1S/C8H10BFO3/c1-13-7-3-2-6(5-9(11)12)8(10)4-7/h2-4,11-12H,5H2,1H3. The van der Waals surface area contributed by atoms with E-state index in [0.29, 0.717) is 5.75 Å². The maximum Gasteiger partial charge on any atom is 0.456 e. The van der Waals surface area contributed by atoms with Gasteiger partial charge in [-0.15, -0.1) is 0 Å². The predicted octanol–water partition coefficient (Wildman–Crippen LogP) is 0.389. The van der Waals surface area contributed by atoms with E-state index in [9.17, 15) is 4.39 Å². The minimum absolute atomic E-state index is 0.115. The molecule has 0 saturated carbocycles. The molecule has 0 saturated heterocycles. The van der Waals surface area contributed by atoms with E-state index in [-0.39, 0.29) is 11.9 Å². The van der Waals surface area contributed by atoms with Crippen molar-refractivity contribution in [2.45, 2.75) is 6.32 Å². The molecule has 1 aromatic carbocycles. The third-order valence-corrected chi connectivity index (χ3v) is 1.66. The molecule has 0 bridgehead atoms. The van der Waals surface area contributed by atoms with Gasteiger partial charge < -0.3 is 14.8 Å². The second-order valence-corrected chi connectivity index (χ2v) is 2.64. The highest BCUT2D eigenvalue weighted by Gasteiger charge is 2.12. The Balaban J connectivity index is 2.85. The lowest BCUT2D eigenvalue weighted by Crippen LogP contribution is -2.16. The first-order valence-corrected chi connectivity index (χ1v) is 3.82. The third-order valence-electron chi connectivity index (χ3n) is 1.66. The number of ether oxygens (including phenoxy) is 1. The molecule has 13 heavy (non-hydrogen) atoms. The molecule has 1 aromatic rings. The summed E-state index contributed by atoms with van der Waals surface area (Å²) in [6, 6.07) is 4.24. The number of halogens is 1. The fraction of sp³-hybridized carbons (Fsp3) is 0.250. The van der Waals surface area contributed by atoms with Crippen LogP contribution < -0.4 is 4.74 Å². The van der Waals surface area contributed by atoms with Crippen LogP contribution in [0, 0.1) is 5.82 Å². The first kappa shape index (κ1) is 10.0. The summed E-state index contributed by atoms with van der Waals surface area (Å²) in [7, 11) is -0.0853. The lowest BCUT2D eigenvalue weighted by atomic mass is 9.82. The summed E-state index contributed by atoms with van der Waals surface area (Å²) in [5.41, 5.74) is 0.260. The zero-order valence-corrected chi connectivity index (χ0v) is 7.20. The van der Waals surface area contributed by atoms with Crippen LogP contribution in [-0.2, 0) is 6.32 Å². The highest BCUT2D eigenvalue weighted by molar-refractivity contribution is 6.40. The van der Waals surface area contributed by atoms with E-state index in [1.165, 1.54) is 19.2 Å². The fourth-order valence-electron chi connectivity index (χ4n) is 1.02. The van der Waals surface area contributed by atoms with Gasteiger partial charge in [0.15, 0.2) is 0 Å². The summed E-state index contributed by atoms with van der Waals surface area (Å²) in [5.74, 6) is -0.0823. The fourth-order valence-corrected chi connectivity index (χ4v) is 1.02. The van der Waals surface area contributed by atoms with Gasteiger partial charge >= 0.3 is 7.12 Å². The van der Waals surface area contributed by atoms with Crippen LogP contribution in [0.15, 0.2) is 18.2 Å². The quantitative estimate of drug-likeness (QED) is 0.668. The van der Waals surface area contributed by atoms with Gasteiger partial charge in [0.1, 0.15) is 11.6 Å². The van der Waals surface area contributed by atoms with E-state index >= 15 is 0 Å². The monoisotopic (exact) mass is 184 g/mol. The van der Waals surface area contributed by atoms with Gasteiger partial charge in [-0.2, -0.15) is 0 Å². The van der Waals surface area contributed by atoms with Crippen molar-refractivity contribution in [3.05, 3.63) is 29.6 Å². The van der Waals surface area contributed by atoms with Crippen molar-refractivity contribution in [3.63, 3.8) is 0 Å². The molecule has 2 N–H and O–H groups in total. The van der Waals surface area contributed by atoms with Gasteiger partial charge in [-0.3, -0.25) is 0 Å². The van der Waals surface area contributed by atoms with Gasteiger partial charge in [-0.25, -0.2) is 4.39 Å². The number of benzene rings is 1. The molecule has 5 heteroatoms. The van der Waals surface area contributed by atoms with Crippen molar-refractivity contribution in [2.75, 3.05) is 7.11 Å². The van der Waals surface area contributed by atoms with Gasteiger partial charge in [0.05, 0.1) is 7.11 Å². The van der Waals surface area contributed by atoms with Crippen LogP contribution in [0.4, 0.5) is 4.39 Å². The molecular formula is C8H10BFO3. The Morgan fingerprint density at radius 3 is 2.62 bits per heavy atom. The molecule has 0 aromatic heterocycles. The third kappa shape index (κ3) is 2.71. The van der Waals surface area contributed by atoms with E-state index in [1.54, 1.807) is 6.07 Å². The van der Waals surface area contributed by atoms with E-state index < -0.39 is 12.9 Å². The first-order chi connectivity index (χ1) is 6.13. The molecule has 0 fully saturated rings. The van der Waals surface area contributed by atoms with Crippen molar-refractivity contribution >= 4 is 7.12 Å². The molecule has 0 aliphatic heterocycles. The second kappa shape index (κ2) is 4.25. The zero-order chi connectivity index (χ0) is 9.84. The van der Waals surface area contributed by atoms with Crippen molar-refractivity contribution in [1.82, 2.24) is 0 Å². The number of hydrogen-bond donors (Lipinski definition) is 2. The summed E-state index contributed by atoms with van der Waals surface area (Å²) in [4.78, 5) is 0. The van der Waals surface area contributed by atoms with E-state index in [4.69, 9.17) is 14.8 Å². The van der Waals surface area contributed by atoms with Crippen molar-refractivity contribution in [1.29, 1.82) is 0 Å². The van der Waals surface area contributed by atoms with Gasteiger partial charge in [-0.05, 0) is 11.6 Å². The zero-order valence-electron chi connectivity index (χ0n) is 7.20. The minimum Gasteiger partial charge on any atom is -0.497 e. The molecule has 0 spiro atoms. The highest BCUT2D eigenvalue weighted by Crippen LogP contribution is 2.16. The average molecular weight is 184 g/mol. The largest absolute Gasteiger partial charge is 0.497 e. The Hall–Kier alpha value is -1.07. The molecule has 0 radical (unpaired) electrons. The summed E-state index contributed by atoms with van der Waals surface area (Å²) >= 11 is 0. The SMILES string of the molecule is COc1ccc(CB(O)O)c(F)c1. The molecule has 0 aliphatic rings. The van der Waals surface area contributed by atoms with Crippen molar-refractivity contribution in [3.8, 4) is 5.75 Å². The molecular weight excluding hydrogens is 174 g/mol. The second-order valence-electron chi connectivity index (χ2n) is 2.64. The smallest absolute Gasteiger partial charge is 0.456 e. The molecule has 0 amide bonds. The molecule has 0 unspecified atom stereocenters. The highest BCUT2D eigenvalue weighted by atomic mass is 19.1. The van der Waals surface area contributed by atoms with Crippen LogP contribution in [0.25, 0.3) is 0 Å². The van der Waals surface area contributed by atoms with Crippen LogP contribution >= 0.6 is 0 Å². The molecule has 0 heterocycles. The van der Waals surface area contributed by atoms with E-state index in [1.807, 2.05) is 0 Å². The molecule has 0 atom stereocenters. The summed E-state index contributed by atoms with van der Waals surface area (Å²) in [6.07, 6.45) is -0.115. The van der Waals surface area contributed by atoms with Gasteiger partial charge in [0, 0.05) is 12.4 Å². The summed E-state index contributed by atoms with van der Waals surface area (Å²) < 4.78 is 17.9. The van der Waals surface area contributed by atoms with Crippen molar-refractivity contribution < 1.29 is 19.2 Å². The van der Waals surface area contributed by atoms with E-state index in [0.717, 1.165) is 0 Å². The maximum absolute atomic E-state index is 13.1. The Morgan fingerprint density at radius 2 is 2.15 bits per heavy atom. The average Bonchev–Trinajstić information content (AvgIpc) is 2.08. The molecule has 1 rings (SSSR count). The van der Waals surface area contributed by atoms with Crippen LogP contribution in [-0.4, -0.2) is 24.3 Å². The number of methoxy groups -OCH3 is 1. The van der Waals surface area contributed by atoms with Crippen LogP contribution in [0.2, 0.25) is 0 Å². The van der Waals surface area contributed by atoms with Gasteiger partial charge in [-0.1, -0.05) is 6.07 Å². The maximum atomic E-state index is 13.1. The molecule has 0 aliphatic carbocycles. The summed E-state index contributed by atoms with van der Waals surface area (Å²) in [5, 5.41) is 17.2. The number of hydrogen-bond acceptors (Lipinski definition) is 3. The lowest BCUT2D eigenvalue weighted by Gasteiger charge is -2.04. The van der Waals surface area contributed by atoms with Crippen molar-refractivity contribution in [2.24, 2.45) is 0 Å². The summed E-state index contributed by atoms with van der Waals surface area (Å²) in [6.45, 7) is 0. The number of rotatable bonds is 3. The van der Waals surface area contributed by atoms with E-state index in [2.05, 4.69) is 0 Å². The molecule has 3 nitrogen and oxygen atoms in total. The first-order valence-electron chi connectivity index (χ1n) is 3.82. The Morgan fingerprint density at radius 1 is 1.46 bits per heavy atom. The Kier molecular flexibility index (Phi) is 3.28. The minimum atomic E-state index is -1.53. The topological polar surface area (TPSA) is 49.7 Å². The van der Waals surface area contributed by atoms with Crippen LogP contribution in [0.3, 0.4) is 0 Å². The lowest BCUT2D eigenvalue weighted by molar-refractivity contribution is 0.401. The molecule has 70 valence electrons. The van der Waals surface area contributed by atoms with Crippen LogP contribution in [0.5, 0.6) is 5.75 Å². The predicted molar refractivity (Wildman–Crippen MR) is 46.8 cm³/mol. The van der Waals surface area contributed by atoms with Crippen LogP contribution in [0.1, 0.15) is 5.56 Å². The Labute approximate surface area is 75.9 Å². The van der Waals surface area contributed by atoms with Gasteiger partial charge in [0.25, 0.3) is 0 Å². The normalized spacial score (nSPS) is 9.85. The Bertz CT molecular complexity index is 291. The van der Waals surface area contributed by atoms with Gasteiger partial charge in [0.2, 0.25) is 0 Å².